The highest BCUT2D eigenvalue weighted by molar-refractivity contribution is 6.28. The van der Waals surface area contributed by atoms with Gasteiger partial charge in [-0.3, -0.25) is 0 Å². The Morgan fingerprint density at radius 1 is 1.15 bits per heavy atom. The van der Waals surface area contributed by atoms with Crippen molar-refractivity contribution in [2.75, 3.05) is 11.9 Å². The summed E-state index contributed by atoms with van der Waals surface area (Å²) in [5, 5.41) is 12.5. The van der Waals surface area contributed by atoms with Crippen LogP contribution in [0.5, 0.6) is 0 Å². The van der Waals surface area contributed by atoms with Crippen molar-refractivity contribution in [2.24, 2.45) is 5.92 Å². The second-order valence-corrected chi connectivity index (χ2v) is 7.11. The Kier molecular flexibility index (Phi) is 7.23. The fourth-order valence-corrected chi connectivity index (χ4v) is 2.93. The Morgan fingerprint density at radius 3 is 2.54 bits per heavy atom. The SMILES string of the molecule is CC(C)CC(CO)Nc1nc(Cl)nc(CC(C)c2cc(F)ccc2F)n1. The van der Waals surface area contributed by atoms with E-state index in [-0.39, 0.29) is 41.8 Å². The van der Waals surface area contributed by atoms with Crippen molar-refractivity contribution >= 4 is 17.5 Å². The normalized spacial score (nSPS) is 13.7. The number of aliphatic hydroxyl groups is 1. The molecule has 2 N–H and O–H groups in total. The number of aromatic nitrogens is 3. The van der Waals surface area contributed by atoms with Gasteiger partial charge in [0.2, 0.25) is 11.2 Å². The average Bonchev–Trinajstić information content (AvgIpc) is 2.55. The molecule has 0 spiro atoms. The molecule has 0 saturated heterocycles. The van der Waals surface area contributed by atoms with Crippen molar-refractivity contribution < 1.29 is 13.9 Å². The van der Waals surface area contributed by atoms with Crippen LogP contribution in [0.3, 0.4) is 0 Å². The molecule has 0 saturated carbocycles. The van der Waals surface area contributed by atoms with Crippen molar-refractivity contribution in [2.45, 2.75) is 45.6 Å². The summed E-state index contributed by atoms with van der Waals surface area (Å²) in [6.07, 6.45) is 1.01. The van der Waals surface area contributed by atoms with Gasteiger partial charge in [0.05, 0.1) is 12.6 Å². The smallest absolute Gasteiger partial charge is 0.227 e. The molecule has 5 nitrogen and oxygen atoms in total. The van der Waals surface area contributed by atoms with E-state index in [1.165, 1.54) is 6.07 Å². The minimum absolute atomic E-state index is 0.00523. The third-order valence-electron chi connectivity index (χ3n) is 3.94. The van der Waals surface area contributed by atoms with Crippen molar-refractivity contribution in [1.82, 2.24) is 15.0 Å². The minimum atomic E-state index is -0.497. The van der Waals surface area contributed by atoms with Gasteiger partial charge < -0.3 is 10.4 Å². The Labute approximate surface area is 156 Å². The standard InChI is InChI=1S/C18H23ClF2N4O/c1-10(2)6-13(9-26)22-18-24-16(23-17(19)25-18)7-11(3)14-8-12(20)4-5-15(14)21/h4-5,8,10-11,13,26H,6-7,9H2,1-3H3,(H,22,23,24,25). The molecule has 0 amide bonds. The van der Waals surface area contributed by atoms with Gasteiger partial charge in [-0.25, -0.2) is 13.8 Å². The summed E-state index contributed by atoms with van der Waals surface area (Å²) in [5.74, 6) is -0.316. The Bertz CT molecular complexity index is 745. The molecule has 0 aliphatic heterocycles. The largest absolute Gasteiger partial charge is 0.394 e. The summed E-state index contributed by atoms with van der Waals surface area (Å²) < 4.78 is 27.3. The number of hydrogen-bond donors (Lipinski definition) is 2. The van der Waals surface area contributed by atoms with Crippen molar-refractivity contribution in [3.05, 3.63) is 46.5 Å². The third kappa shape index (κ3) is 5.85. The molecule has 0 aliphatic rings. The second kappa shape index (κ2) is 9.19. The van der Waals surface area contributed by atoms with E-state index >= 15 is 0 Å². The zero-order chi connectivity index (χ0) is 19.3. The maximum Gasteiger partial charge on any atom is 0.227 e. The topological polar surface area (TPSA) is 70.9 Å². The first-order chi connectivity index (χ1) is 12.3. The zero-order valence-electron chi connectivity index (χ0n) is 15.0. The molecule has 142 valence electrons. The highest BCUT2D eigenvalue weighted by atomic mass is 35.5. The summed E-state index contributed by atoms with van der Waals surface area (Å²) in [4.78, 5) is 12.4. The first kappa shape index (κ1) is 20.5. The van der Waals surface area contributed by atoms with Crippen LogP contribution in [0.1, 0.15) is 44.5 Å². The molecule has 26 heavy (non-hydrogen) atoms. The Hall–Kier alpha value is -1.86. The molecule has 1 aromatic heterocycles. The predicted molar refractivity (Wildman–Crippen MR) is 97.3 cm³/mol. The summed E-state index contributed by atoms with van der Waals surface area (Å²) in [6, 6.07) is 3.15. The monoisotopic (exact) mass is 384 g/mol. The first-order valence-corrected chi connectivity index (χ1v) is 8.89. The van der Waals surface area contributed by atoms with Gasteiger partial charge in [0, 0.05) is 6.42 Å². The van der Waals surface area contributed by atoms with E-state index in [4.69, 9.17) is 11.6 Å². The highest BCUT2D eigenvalue weighted by Crippen LogP contribution is 2.23. The molecular weight excluding hydrogens is 362 g/mol. The molecule has 2 aromatic rings. The second-order valence-electron chi connectivity index (χ2n) is 6.77. The van der Waals surface area contributed by atoms with Crippen LogP contribution < -0.4 is 5.32 Å². The predicted octanol–water partition coefficient (Wildman–Crippen LogP) is 3.97. The van der Waals surface area contributed by atoms with E-state index in [9.17, 15) is 13.9 Å². The van der Waals surface area contributed by atoms with Crippen molar-refractivity contribution in [1.29, 1.82) is 0 Å². The summed E-state index contributed by atoms with van der Waals surface area (Å²) in [5.41, 5.74) is 0.254. The van der Waals surface area contributed by atoms with E-state index in [1.807, 2.05) is 13.8 Å². The molecule has 8 heteroatoms. The Morgan fingerprint density at radius 2 is 1.88 bits per heavy atom. The Balaban J connectivity index is 2.17. The van der Waals surface area contributed by atoms with E-state index in [1.54, 1.807) is 6.92 Å². The van der Waals surface area contributed by atoms with E-state index in [2.05, 4.69) is 20.3 Å². The lowest BCUT2D eigenvalue weighted by Crippen LogP contribution is -2.27. The number of nitrogens with one attached hydrogen (secondary N) is 1. The fraction of sp³-hybridized carbons (Fsp3) is 0.500. The van der Waals surface area contributed by atoms with Gasteiger partial charge >= 0.3 is 0 Å². The van der Waals surface area contributed by atoms with Gasteiger partial charge in [-0.05, 0) is 53.6 Å². The van der Waals surface area contributed by atoms with Gasteiger partial charge in [-0.15, -0.1) is 0 Å². The summed E-state index contributed by atoms with van der Waals surface area (Å²) in [7, 11) is 0. The minimum Gasteiger partial charge on any atom is -0.394 e. The van der Waals surface area contributed by atoms with Crippen molar-refractivity contribution in [3.63, 3.8) is 0 Å². The third-order valence-corrected chi connectivity index (χ3v) is 4.11. The molecule has 1 aromatic carbocycles. The summed E-state index contributed by atoms with van der Waals surface area (Å²) in [6.45, 7) is 5.79. The molecule has 0 aliphatic carbocycles. The number of aliphatic hydroxyl groups excluding tert-OH is 1. The molecule has 0 fully saturated rings. The van der Waals surface area contributed by atoms with E-state index < -0.39 is 11.6 Å². The molecule has 2 rings (SSSR count). The maximum absolute atomic E-state index is 13.9. The van der Waals surface area contributed by atoms with Crippen LogP contribution in [-0.4, -0.2) is 32.7 Å². The van der Waals surface area contributed by atoms with Gasteiger partial charge in [-0.2, -0.15) is 9.97 Å². The lowest BCUT2D eigenvalue weighted by atomic mass is 9.97. The quantitative estimate of drug-likeness (QED) is 0.720. The molecule has 0 radical (unpaired) electrons. The summed E-state index contributed by atoms with van der Waals surface area (Å²) >= 11 is 5.97. The van der Waals surface area contributed by atoms with Crippen LogP contribution in [-0.2, 0) is 6.42 Å². The van der Waals surface area contributed by atoms with Crippen LogP contribution in [0.2, 0.25) is 5.28 Å². The molecule has 2 unspecified atom stereocenters. The first-order valence-electron chi connectivity index (χ1n) is 8.51. The highest BCUT2D eigenvalue weighted by Gasteiger charge is 2.17. The van der Waals surface area contributed by atoms with Crippen LogP contribution >= 0.6 is 11.6 Å². The molecule has 1 heterocycles. The number of rotatable bonds is 8. The lowest BCUT2D eigenvalue weighted by Gasteiger charge is -2.19. The number of anilines is 1. The lowest BCUT2D eigenvalue weighted by molar-refractivity contribution is 0.259. The molecule has 2 atom stereocenters. The zero-order valence-corrected chi connectivity index (χ0v) is 15.8. The van der Waals surface area contributed by atoms with E-state index in [0.29, 0.717) is 11.7 Å². The molecule has 0 bridgehead atoms. The van der Waals surface area contributed by atoms with Crippen molar-refractivity contribution in [3.8, 4) is 0 Å². The van der Waals surface area contributed by atoms with Crippen LogP contribution in [0.4, 0.5) is 14.7 Å². The number of hydrogen-bond acceptors (Lipinski definition) is 5. The fourth-order valence-electron chi connectivity index (χ4n) is 2.75. The maximum atomic E-state index is 13.9. The van der Waals surface area contributed by atoms with Gasteiger partial charge in [0.1, 0.15) is 17.5 Å². The van der Waals surface area contributed by atoms with E-state index in [0.717, 1.165) is 18.6 Å². The average molecular weight is 385 g/mol. The number of halogens is 3. The van der Waals surface area contributed by atoms with Crippen LogP contribution in [0.25, 0.3) is 0 Å². The molecular formula is C18H23ClF2N4O. The van der Waals surface area contributed by atoms with Crippen LogP contribution in [0.15, 0.2) is 18.2 Å². The van der Waals surface area contributed by atoms with Gasteiger partial charge in [-0.1, -0.05) is 20.8 Å². The van der Waals surface area contributed by atoms with Gasteiger partial charge in [0.25, 0.3) is 0 Å². The van der Waals surface area contributed by atoms with Crippen LogP contribution in [0, 0.1) is 17.6 Å². The number of nitrogens with zero attached hydrogens (tertiary/aromatic N) is 3. The van der Waals surface area contributed by atoms with Gasteiger partial charge in [0.15, 0.2) is 0 Å². The number of benzene rings is 1.